The third-order valence-corrected chi connectivity index (χ3v) is 5.08. The van der Waals surface area contributed by atoms with Crippen LogP contribution in [-0.4, -0.2) is 55.1 Å². The molecule has 0 spiro atoms. The van der Waals surface area contributed by atoms with Crippen molar-refractivity contribution < 1.29 is 50.9 Å². The number of nitrogens with two attached hydrogens (primary N) is 1. The van der Waals surface area contributed by atoms with Crippen molar-refractivity contribution >= 4 is 17.8 Å². The van der Waals surface area contributed by atoms with Crippen LogP contribution in [0.5, 0.6) is 5.75 Å². The molecule has 0 aromatic heterocycles. The average molecular weight is 528 g/mol. The maximum absolute atomic E-state index is 14.5. The fourth-order valence-electron chi connectivity index (χ4n) is 3.44. The zero-order valence-corrected chi connectivity index (χ0v) is 19.8. The molecule has 2 amide bonds. The van der Waals surface area contributed by atoms with Gasteiger partial charge < -0.3 is 30.0 Å². The van der Waals surface area contributed by atoms with Crippen LogP contribution >= 0.6 is 0 Å². The Morgan fingerprint density at radius 2 is 1.81 bits per heavy atom. The van der Waals surface area contributed by atoms with Gasteiger partial charge in [0.2, 0.25) is 6.10 Å². The third-order valence-electron chi connectivity index (χ3n) is 5.08. The van der Waals surface area contributed by atoms with E-state index < -0.39 is 71.2 Å². The molecule has 1 saturated heterocycles. The van der Waals surface area contributed by atoms with Gasteiger partial charge in [-0.2, -0.15) is 13.2 Å². The fourth-order valence-corrected chi connectivity index (χ4v) is 3.44. The molecule has 1 aliphatic heterocycles. The molecule has 3 rings (SSSR count). The minimum atomic E-state index is -4.75. The summed E-state index contributed by atoms with van der Waals surface area (Å²) >= 11 is 0. The monoisotopic (exact) mass is 528 g/mol. The van der Waals surface area contributed by atoms with Crippen molar-refractivity contribution in [3.63, 3.8) is 0 Å². The largest absolute Gasteiger partial charge is 0.487 e. The Hall–Kier alpha value is -3.71. The molecule has 37 heavy (non-hydrogen) atoms. The van der Waals surface area contributed by atoms with Crippen LogP contribution < -0.4 is 15.8 Å². The Balaban J connectivity index is 1.96. The molecule has 0 bridgehead atoms. The molecule has 0 radical (unpaired) electrons. The van der Waals surface area contributed by atoms with E-state index in [4.69, 9.17) is 24.7 Å². The predicted molar refractivity (Wildman–Crippen MR) is 119 cm³/mol. The Morgan fingerprint density at radius 3 is 2.38 bits per heavy atom. The number of ether oxygens (including phenoxy) is 4. The standard InChI is InChI=1S/C24H24F4N2O7/c1-23(2)35-11-17(37-23)19(20(29)31)36-22(33)16-9-14(25)8-15(21(32)30-12-24(26,27)28)18(16)34-10-13-6-4-3-5-7-13/h3-9,17,19H,10-12H2,1-2H3,(H2,29,31)(H,30,32). The van der Waals surface area contributed by atoms with Crippen molar-refractivity contribution in [2.24, 2.45) is 5.73 Å². The molecule has 0 aliphatic carbocycles. The molecule has 1 fully saturated rings. The van der Waals surface area contributed by atoms with Crippen LogP contribution in [0, 0.1) is 5.82 Å². The number of benzene rings is 2. The summed E-state index contributed by atoms with van der Waals surface area (Å²) in [5, 5.41) is 1.61. The number of primary amides is 1. The summed E-state index contributed by atoms with van der Waals surface area (Å²) in [6, 6.07) is 9.65. The third kappa shape index (κ3) is 7.64. The Labute approximate surface area is 208 Å². The van der Waals surface area contributed by atoms with Gasteiger partial charge in [0.15, 0.2) is 5.79 Å². The van der Waals surface area contributed by atoms with Crippen LogP contribution in [-0.2, 0) is 25.6 Å². The van der Waals surface area contributed by atoms with Gasteiger partial charge in [-0.3, -0.25) is 9.59 Å². The highest BCUT2D eigenvalue weighted by Crippen LogP contribution is 2.30. The smallest absolute Gasteiger partial charge is 0.405 e. The molecular weight excluding hydrogens is 504 g/mol. The summed E-state index contributed by atoms with van der Waals surface area (Å²) in [7, 11) is 0. The summed E-state index contributed by atoms with van der Waals surface area (Å²) in [5.41, 5.74) is 4.59. The van der Waals surface area contributed by atoms with Gasteiger partial charge in [0.05, 0.1) is 12.2 Å². The number of hydrogen-bond acceptors (Lipinski definition) is 7. The van der Waals surface area contributed by atoms with Crippen molar-refractivity contribution in [2.45, 2.75) is 44.6 Å². The Bertz CT molecular complexity index is 1160. The maximum atomic E-state index is 14.5. The molecule has 1 heterocycles. The first-order chi connectivity index (χ1) is 17.3. The number of esters is 1. The summed E-state index contributed by atoms with van der Waals surface area (Å²) < 4.78 is 74.1. The summed E-state index contributed by atoms with van der Waals surface area (Å²) in [6.45, 7) is 1.01. The number of nitrogens with one attached hydrogen (secondary N) is 1. The van der Waals surface area contributed by atoms with Crippen molar-refractivity contribution in [3.05, 3.63) is 65.0 Å². The normalized spacial score (nSPS) is 17.6. The topological polar surface area (TPSA) is 126 Å². The molecule has 2 unspecified atom stereocenters. The first-order valence-electron chi connectivity index (χ1n) is 10.9. The lowest BCUT2D eigenvalue weighted by atomic mass is 10.1. The minimum absolute atomic E-state index is 0.153. The van der Waals surface area contributed by atoms with Gasteiger partial charge in [-0.1, -0.05) is 30.3 Å². The van der Waals surface area contributed by atoms with Crippen LogP contribution in [0.15, 0.2) is 42.5 Å². The second-order valence-corrected chi connectivity index (χ2v) is 8.50. The highest BCUT2D eigenvalue weighted by atomic mass is 19.4. The van der Waals surface area contributed by atoms with E-state index in [9.17, 15) is 31.9 Å². The second kappa shape index (κ2) is 11.1. The van der Waals surface area contributed by atoms with Gasteiger partial charge >= 0.3 is 12.1 Å². The van der Waals surface area contributed by atoms with Crippen molar-refractivity contribution in [3.8, 4) is 5.75 Å². The van der Waals surface area contributed by atoms with Gasteiger partial charge in [-0.05, 0) is 31.5 Å². The Kier molecular flexibility index (Phi) is 8.39. The summed E-state index contributed by atoms with van der Waals surface area (Å²) in [5.74, 6) is -6.57. The number of hydrogen-bond donors (Lipinski definition) is 2. The van der Waals surface area contributed by atoms with Gasteiger partial charge in [0.25, 0.3) is 11.8 Å². The first-order valence-corrected chi connectivity index (χ1v) is 10.9. The van der Waals surface area contributed by atoms with E-state index >= 15 is 0 Å². The Morgan fingerprint density at radius 1 is 1.16 bits per heavy atom. The van der Waals surface area contributed by atoms with Crippen LogP contribution in [0.25, 0.3) is 0 Å². The zero-order chi connectivity index (χ0) is 27.4. The van der Waals surface area contributed by atoms with E-state index in [1.165, 1.54) is 0 Å². The number of halogens is 4. The van der Waals surface area contributed by atoms with Gasteiger partial charge in [-0.25, -0.2) is 9.18 Å². The van der Waals surface area contributed by atoms with Gasteiger partial charge in [-0.15, -0.1) is 0 Å². The molecule has 13 heteroatoms. The van der Waals surface area contributed by atoms with E-state index in [0.717, 1.165) is 0 Å². The number of amides is 2. The number of carbonyl (C=O) groups is 3. The zero-order valence-electron chi connectivity index (χ0n) is 19.8. The number of carbonyl (C=O) groups excluding carboxylic acids is 3. The van der Waals surface area contributed by atoms with E-state index in [-0.39, 0.29) is 13.2 Å². The molecule has 3 N–H and O–H groups in total. The van der Waals surface area contributed by atoms with E-state index in [1.54, 1.807) is 49.5 Å². The number of rotatable bonds is 9. The molecule has 1 aliphatic rings. The van der Waals surface area contributed by atoms with E-state index in [1.807, 2.05) is 0 Å². The molecule has 2 atom stereocenters. The lowest BCUT2D eigenvalue weighted by Crippen LogP contribution is -2.44. The molecule has 200 valence electrons. The predicted octanol–water partition coefficient (Wildman–Crippen LogP) is 2.86. The molecule has 2 aromatic rings. The fraction of sp³-hybridized carbons (Fsp3) is 0.375. The van der Waals surface area contributed by atoms with Crippen molar-refractivity contribution in [1.29, 1.82) is 0 Å². The quantitative estimate of drug-likeness (QED) is 0.379. The summed E-state index contributed by atoms with van der Waals surface area (Å²) in [6.07, 6.45) is -7.50. The van der Waals surface area contributed by atoms with Gasteiger partial charge in [0, 0.05) is 0 Å². The van der Waals surface area contributed by atoms with Crippen LogP contribution in [0.2, 0.25) is 0 Å². The maximum Gasteiger partial charge on any atom is 0.405 e. The first kappa shape index (κ1) is 27.9. The van der Waals surface area contributed by atoms with Crippen LogP contribution in [0.1, 0.15) is 40.1 Å². The lowest BCUT2D eigenvalue weighted by molar-refractivity contribution is -0.158. The average Bonchev–Trinajstić information content (AvgIpc) is 3.18. The van der Waals surface area contributed by atoms with Crippen LogP contribution in [0.3, 0.4) is 0 Å². The van der Waals surface area contributed by atoms with E-state index in [2.05, 4.69) is 0 Å². The van der Waals surface area contributed by atoms with Gasteiger partial charge in [0.1, 0.15) is 36.4 Å². The molecule has 9 nitrogen and oxygen atoms in total. The second-order valence-electron chi connectivity index (χ2n) is 8.50. The highest BCUT2D eigenvalue weighted by molar-refractivity contribution is 6.03. The van der Waals surface area contributed by atoms with Crippen LogP contribution in [0.4, 0.5) is 17.6 Å². The summed E-state index contributed by atoms with van der Waals surface area (Å²) in [4.78, 5) is 37.6. The lowest BCUT2D eigenvalue weighted by Gasteiger charge is -2.23. The minimum Gasteiger partial charge on any atom is -0.487 e. The SMILES string of the molecule is CC1(C)OCC(C(OC(=O)c2cc(F)cc(C(=O)NCC(F)(F)F)c2OCc2ccccc2)C(N)=O)O1. The molecule has 2 aromatic carbocycles. The van der Waals surface area contributed by atoms with Crippen molar-refractivity contribution in [2.75, 3.05) is 13.2 Å². The molecule has 0 saturated carbocycles. The van der Waals surface area contributed by atoms with E-state index in [0.29, 0.717) is 17.7 Å². The highest BCUT2D eigenvalue weighted by Gasteiger charge is 2.42. The number of alkyl halides is 3. The molecular formula is C24H24F4N2O7. The van der Waals surface area contributed by atoms with Crippen molar-refractivity contribution in [1.82, 2.24) is 5.32 Å².